The minimum atomic E-state index is 0.436. The van der Waals surface area contributed by atoms with Crippen LogP contribution in [0.15, 0.2) is 24.3 Å². The van der Waals surface area contributed by atoms with Crippen LogP contribution in [-0.2, 0) is 6.42 Å². The van der Waals surface area contributed by atoms with Crippen molar-refractivity contribution in [2.45, 2.75) is 53.4 Å². The van der Waals surface area contributed by atoms with E-state index in [1.165, 1.54) is 36.8 Å². The van der Waals surface area contributed by atoms with Gasteiger partial charge in [0.1, 0.15) is 0 Å². The van der Waals surface area contributed by atoms with Crippen molar-refractivity contribution in [3.63, 3.8) is 0 Å². The summed E-state index contributed by atoms with van der Waals surface area (Å²) in [4.78, 5) is 0. The molecular formula is C19H31N. The zero-order valence-electron chi connectivity index (χ0n) is 13.7. The highest BCUT2D eigenvalue weighted by Gasteiger charge is 2.35. The molecule has 2 rings (SSSR count). The SMILES string of the molecule is Cc1ccc(CC2CC(C(C)(C)C)CCC2CN)cc1. The molecule has 0 aliphatic heterocycles. The third kappa shape index (κ3) is 3.85. The Bertz CT molecular complexity index is 412. The van der Waals surface area contributed by atoms with Gasteiger partial charge >= 0.3 is 0 Å². The van der Waals surface area contributed by atoms with Gasteiger partial charge in [-0.15, -0.1) is 0 Å². The zero-order valence-corrected chi connectivity index (χ0v) is 13.7. The van der Waals surface area contributed by atoms with Gasteiger partial charge in [-0.3, -0.25) is 0 Å². The maximum absolute atomic E-state index is 6.03. The molecule has 1 saturated carbocycles. The molecule has 3 atom stereocenters. The van der Waals surface area contributed by atoms with Gasteiger partial charge in [0.2, 0.25) is 0 Å². The normalized spacial score (nSPS) is 27.6. The van der Waals surface area contributed by atoms with Gasteiger partial charge in [-0.25, -0.2) is 0 Å². The van der Waals surface area contributed by atoms with E-state index in [-0.39, 0.29) is 0 Å². The average molecular weight is 273 g/mol. The second-order valence-electron chi connectivity index (χ2n) is 7.82. The summed E-state index contributed by atoms with van der Waals surface area (Å²) in [6, 6.07) is 9.06. The number of benzene rings is 1. The third-order valence-corrected chi connectivity index (χ3v) is 5.29. The highest BCUT2D eigenvalue weighted by atomic mass is 14.6. The molecule has 0 bridgehead atoms. The van der Waals surface area contributed by atoms with Crippen LogP contribution in [0, 0.1) is 30.1 Å². The molecule has 20 heavy (non-hydrogen) atoms. The van der Waals surface area contributed by atoms with Crippen molar-refractivity contribution in [1.29, 1.82) is 0 Å². The Kier molecular flexibility index (Phi) is 4.90. The first kappa shape index (κ1) is 15.6. The summed E-state index contributed by atoms with van der Waals surface area (Å²) in [7, 11) is 0. The molecule has 0 spiro atoms. The summed E-state index contributed by atoms with van der Waals surface area (Å²) >= 11 is 0. The largest absolute Gasteiger partial charge is 0.330 e. The minimum Gasteiger partial charge on any atom is -0.330 e. The van der Waals surface area contributed by atoms with E-state index in [9.17, 15) is 0 Å². The Hall–Kier alpha value is -0.820. The Morgan fingerprint density at radius 2 is 1.70 bits per heavy atom. The first-order valence-corrected chi connectivity index (χ1v) is 8.15. The van der Waals surface area contributed by atoms with Gasteiger partial charge in [0.15, 0.2) is 0 Å². The Balaban J connectivity index is 2.07. The molecule has 2 N–H and O–H groups in total. The van der Waals surface area contributed by atoms with Crippen LogP contribution in [0.2, 0.25) is 0 Å². The molecule has 0 saturated heterocycles. The van der Waals surface area contributed by atoms with Crippen molar-refractivity contribution in [1.82, 2.24) is 0 Å². The average Bonchev–Trinajstić information content (AvgIpc) is 2.40. The fraction of sp³-hybridized carbons (Fsp3) is 0.684. The molecule has 3 unspecified atom stereocenters. The molecule has 1 nitrogen and oxygen atoms in total. The lowest BCUT2D eigenvalue weighted by molar-refractivity contribution is 0.101. The van der Waals surface area contributed by atoms with Crippen LogP contribution in [0.4, 0.5) is 0 Å². The monoisotopic (exact) mass is 273 g/mol. The van der Waals surface area contributed by atoms with Gasteiger partial charge in [0.05, 0.1) is 0 Å². The van der Waals surface area contributed by atoms with Gasteiger partial charge in [0, 0.05) is 0 Å². The zero-order chi connectivity index (χ0) is 14.8. The number of hydrogen-bond acceptors (Lipinski definition) is 1. The molecule has 1 fully saturated rings. The van der Waals surface area contributed by atoms with Crippen LogP contribution in [-0.4, -0.2) is 6.54 Å². The maximum Gasteiger partial charge on any atom is -0.00461 e. The summed E-state index contributed by atoms with van der Waals surface area (Å²) in [6.45, 7) is 10.2. The van der Waals surface area contributed by atoms with Crippen LogP contribution < -0.4 is 5.73 Å². The molecule has 1 aromatic carbocycles. The van der Waals surface area contributed by atoms with Crippen LogP contribution >= 0.6 is 0 Å². The third-order valence-electron chi connectivity index (χ3n) is 5.29. The Labute approximate surface area is 125 Å². The second-order valence-corrected chi connectivity index (χ2v) is 7.82. The summed E-state index contributed by atoms with van der Waals surface area (Å²) in [5.74, 6) is 2.33. The van der Waals surface area contributed by atoms with Gasteiger partial charge in [-0.2, -0.15) is 0 Å². The van der Waals surface area contributed by atoms with Gasteiger partial charge < -0.3 is 5.73 Å². The molecule has 112 valence electrons. The van der Waals surface area contributed by atoms with Crippen molar-refractivity contribution in [3.8, 4) is 0 Å². The smallest absolute Gasteiger partial charge is 0.00461 e. The number of aryl methyl sites for hydroxylation is 1. The number of nitrogens with two attached hydrogens (primary N) is 1. The van der Waals surface area contributed by atoms with E-state index in [1.54, 1.807) is 0 Å². The first-order valence-electron chi connectivity index (χ1n) is 8.15. The fourth-order valence-corrected chi connectivity index (χ4v) is 3.70. The molecule has 0 aromatic heterocycles. The van der Waals surface area contributed by atoms with Crippen molar-refractivity contribution in [2.75, 3.05) is 6.54 Å². The van der Waals surface area contributed by atoms with Crippen molar-refractivity contribution < 1.29 is 0 Å². The lowest BCUT2D eigenvalue weighted by atomic mass is 9.64. The van der Waals surface area contributed by atoms with E-state index in [2.05, 4.69) is 52.0 Å². The molecule has 1 aliphatic rings. The van der Waals surface area contributed by atoms with E-state index in [0.29, 0.717) is 5.41 Å². The maximum atomic E-state index is 6.03. The quantitative estimate of drug-likeness (QED) is 0.857. The summed E-state index contributed by atoms with van der Waals surface area (Å²) in [5.41, 5.74) is 9.29. The Morgan fingerprint density at radius 3 is 2.25 bits per heavy atom. The van der Waals surface area contributed by atoms with E-state index in [4.69, 9.17) is 5.73 Å². The number of hydrogen-bond donors (Lipinski definition) is 1. The lowest BCUT2D eigenvalue weighted by Crippen LogP contribution is -2.36. The Morgan fingerprint density at radius 1 is 1.05 bits per heavy atom. The summed E-state index contributed by atoms with van der Waals surface area (Å²) in [6.07, 6.45) is 5.22. The van der Waals surface area contributed by atoms with Crippen molar-refractivity contribution in [3.05, 3.63) is 35.4 Å². The molecule has 1 aromatic rings. The highest BCUT2D eigenvalue weighted by molar-refractivity contribution is 5.22. The van der Waals surface area contributed by atoms with E-state index < -0.39 is 0 Å². The first-order chi connectivity index (χ1) is 9.40. The predicted molar refractivity (Wildman–Crippen MR) is 87.7 cm³/mol. The number of rotatable bonds is 3. The summed E-state index contributed by atoms with van der Waals surface area (Å²) in [5, 5.41) is 0. The van der Waals surface area contributed by atoms with Crippen LogP contribution in [0.5, 0.6) is 0 Å². The molecule has 1 aliphatic carbocycles. The van der Waals surface area contributed by atoms with Crippen LogP contribution in [0.3, 0.4) is 0 Å². The molecule has 1 heteroatoms. The van der Waals surface area contributed by atoms with E-state index in [0.717, 1.165) is 24.3 Å². The molecule has 0 amide bonds. The summed E-state index contributed by atoms with van der Waals surface area (Å²) < 4.78 is 0. The van der Waals surface area contributed by atoms with Gasteiger partial charge in [-0.1, -0.05) is 50.6 Å². The predicted octanol–water partition coefficient (Wildman–Crippen LogP) is 4.57. The topological polar surface area (TPSA) is 26.0 Å². The molecule has 0 heterocycles. The van der Waals surface area contributed by atoms with E-state index in [1.807, 2.05) is 0 Å². The standard InChI is InChI=1S/C19H31N/c1-14-5-7-15(8-6-14)11-17-12-18(19(2,3)4)10-9-16(17)13-20/h5-8,16-18H,9-13,20H2,1-4H3. The molecular weight excluding hydrogens is 242 g/mol. The van der Waals surface area contributed by atoms with E-state index >= 15 is 0 Å². The highest BCUT2D eigenvalue weighted by Crippen LogP contribution is 2.43. The minimum absolute atomic E-state index is 0.436. The lowest BCUT2D eigenvalue weighted by Gasteiger charge is -2.41. The van der Waals surface area contributed by atoms with Gasteiger partial charge in [-0.05, 0) is 67.9 Å². The van der Waals surface area contributed by atoms with Crippen LogP contribution in [0.1, 0.15) is 51.2 Å². The fourth-order valence-electron chi connectivity index (χ4n) is 3.70. The second kappa shape index (κ2) is 6.30. The molecule has 0 radical (unpaired) electrons. The van der Waals surface area contributed by atoms with Crippen molar-refractivity contribution >= 4 is 0 Å². The van der Waals surface area contributed by atoms with Crippen LogP contribution in [0.25, 0.3) is 0 Å². The van der Waals surface area contributed by atoms with Crippen molar-refractivity contribution in [2.24, 2.45) is 28.9 Å². The van der Waals surface area contributed by atoms with Gasteiger partial charge in [0.25, 0.3) is 0 Å².